The molecule has 1 N–H and O–H groups in total. The molecule has 1 aromatic heterocycles. The number of nitrogens with zero attached hydrogens (tertiary/aromatic N) is 2. The third-order valence-corrected chi connectivity index (χ3v) is 5.38. The summed E-state index contributed by atoms with van der Waals surface area (Å²) in [5.74, 6) is 0.437. The van der Waals surface area contributed by atoms with Crippen LogP contribution in [-0.2, 0) is 16.1 Å². The van der Waals surface area contributed by atoms with Crippen LogP contribution in [0, 0.1) is 0 Å². The number of rotatable bonds is 8. The molecular formula is C21H23N3O3S. The number of aromatic amines is 1. The van der Waals surface area contributed by atoms with E-state index in [0.717, 1.165) is 4.90 Å². The molecule has 2 aromatic carbocycles. The summed E-state index contributed by atoms with van der Waals surface area (Å²) in [5, 5.41) is 0.264. The summed E-state index contributed by atoms with van der Waals surface area (Å²) in [6.07, 6.45) is 0. The molecule has 146 valence electrons. The summed E-state index contributed by atoms with van der Waals surface area (Å²) in [7, 11) is 1.60. The fourth-order valence-corrected chi connectivity index (χ4v) is 3.84. The number of H-pyrrole nitrogens is 1. The van der Waals surface area contributed by atoms with Gasteiger partial charge in [-0.15, -0.1) is 11.8 Å². The Morgan fingerprint density at radius 1 is 1.18 bits per heavy atom. The summed E-state index contributed by atoms with van der Waals surface area (Å²) in [6, 6.07) is 17.0. The predicted molar refractivity (Wildman–Crippen MR) is 111 cm³/mol. The number of ether oxygens (including phenoxy) is 1. The van der Waals surface area contributed by atoms with Gasteiger partial charge in [-0.1, -0.05) is 30.3 Å². The van der Waals surface area contributed by atoms with Crippen molar-refractivity contribution >= 4 is 28.6 Å². The highest BCUT2D eigenvalue weighted by molar-refractivity contribution is 8.00. The third kappa shape index (κ3) is 4.99. The minimum absolute atomic E-state index is 0.0262. The van der Waals surface area contributed by atoms with Gasteiger partial charge in [-0.25, -0.2) is 4.98 Å². The number of hydrogen-bond acceptors (Lipinski definition) is 5. The van der Waals surface area contributed by atoms with Crippen molar-refractivity contribution in [2.24, 2.45) is 0 Å². The lowest BCUT2D eigenvalue weighted by Gasteiger charge is -2.25. The molecule has 0 spiro atoms. The van der Waals surface area contributed by atoms with Crippen molar-refractivity contribution < 1.29 is 9.53 Å². The van der Waals surface area contributed by atoms with E-state index in [9.17, 15) is 9.59 Å². The Bertz CT molecular complexity index is 991. The Balaban J connectivity index is 1.79. The molecule has 0 fully saturated rings. The molecule has 28 heavy (non-hydrogen) atoms. The molecule has 0 aliphatic carbocycles. The SMILES string of the molecule is COCCN(Cc1nc2ccccc2c(=O)[nH]1)C(=O)C(C)Sc1ccccc1. The lowest BCUT2D eigenvalue weighted by atomic mass is 10.2. The molecular weight excluding hydrogens is 374 g/mol. The number of fused-ring (bicyclic) bond motifs is 1. The van der Waals surface area contributed by atoms with Crippen molar-refractivity contribution in [3.05, 3.63) is 70.8 Å². The zero-order valence-corrected chi connectivity index (χ0v) is 16.7. The van der Waals surface area contributed by atoms with Crippen LogP contribution in [0.2, 0.25) is 0 Å². The van der Waals surface area contributed by atoms with Crippen LogP contribution in [-0.4, -0.2) is 46.3 Å². The van der Waals surface area contributed by atoms with Gasteiger partial charge in [0.15, 0.2) is 0 Å². The van der Waals surface area contributed by atoms with Gasteiger partial charge in [-0.3, -0.25) is 9.59 Å². The van der Waals surface area contributed by atoms with Gasteiger partial charge in [-0.05, 0) is 31.2 Å². The highest BCUT2D eigenvalue weighted by Crippen LogP contribution is 2.24. The summed E-state index contributed by atoms with van der Waals surface area (Å²) in [4.78, 5) is 35.4. The molecule has 0 aliphatic rings. The molecule has 6 nitrogen and oxygen atoms in total. The van der Waals surface area contributed by atoms with Crippen molar-refractivity contribution in [3.8, 4) is 0 Å². The van der Waals surface area contributed by atoms with Crippen molar-refractivity contribution in [2.75, 3.05) is 20.3 Å². The van der Waals surface area contributed by atoms with Crippen LogP contribution in [0.3, 0.4) is 0 Å². The molecule has 0 saturated carbocycles. The van der Waals surface area contributed by atoms with Gasteiger partial charge in [0.05, 0.1) is 29.3 Å². The Morgan fingerprint density at radius 3 is 2.64 bits per heavy atom. The predicted octanol–water partition coefficient (Wildman–Crippen LogP) is 3.08. The highest BCUT2D eigenvalue weighted by atomic mass is 32.2. The molecule has 3 rings (SSSR count). The fraction of sp³-hybridized carbons (Fsp3) is 0.286. The van der Waals surface area contributed by atoms with Crippen LogP contribution in [0.5, 0.6) is 0 Å². The van der Waals surface area contributed by atoms with Crippen LogP contribution in [0.4, 0.5) is 0 Å². The van der Waals surface area contributed by atoms with Gasteiger partial charge in [0.1, 0.15) is 5.82 Å². The molecule has 7 heteroatoms. The summed E-state index contributed by atoms with van der Waals surface area (Å²) in [5.41, 5.74) is 0.415. The number of thioether (sulfide) groups is 1. The van der Waals surface area contributed by atoms with Gasteiger partial charge in [0, 0.05) is 18.6 Å². The fourth-order valence-electron chi connectivity index (χ4n) is 2.87. The van der Waals surface area contributed by atoms with Gasteiger partial charge in [0.25, 0.3) is 5.56 Å². The molecule has 3 aromatic rings. The number of carbonyl (C=O) groups excluding carboxylic acids is 1. The smallest absolute Gasteiger partial charge is 0.258 e. The van der Waals surface area contributed by atoms with Crippen LogP contribution < -0.4 is 5.56 Å². The number of carbonyl (C=O) groups is 1. The zero-order valence-electron chi connectivity index (χ0n) is 15.9. The quantitative estimate of drug-likeness (QED) is 0.591. The van der Waals surface area contributed by atoms with Crippen molar-refractivity contribution in [1.29, 1.82) is 0 Å². The number of amides is 1. The molecule has 1 amide bonds. The minimum Gasteiger partial charge on any atom is -0.383 e. The van der Waals surface area contributed by atoms with E-state index in [1.165, 1.54) is 11.8 Å². The van der Waals surface area contributed by atoms with Crippen LogP contribution in [0.25, 0.3) is 10.9 Å². The topological polar surface area (TPSA) is 75.3 Å². The van der Waals surface area contributed by atoms with Crippen molar-refractivity contribution in [1.82, 2.24) is 14.9 Å². The first-order chi connectivity index (χ1) is 13.6. The van der Waals surface area contributed by atoms with E-state index < -0.39 is 0 Å². The largest absolute Gasteiger partial charge is 0.383 e. The number of aromatic nitrogens is 2. The first kappa shape index (κ1) is 20.1. The van der Waals surface area contributed by atoms with Crippen LogP contribution in [0.1, 0.15) is 12.7 Å². The molecule has 1 heterocycles. The Hall–Kier alpha value is -2.64. The van der Waals surface area contributed by atoms with Crippen LogP contribution >= 0.6 is 11.8 Å². The Labute approximate surface area is 167 Å². The zero-order chi connectivity index (χ0) is 19.9. The monoisotopic (exact) mass is 397 g/mol. The van der Waals surface area contributed by atoms with Crippen molar-refractivity contribution in [3.63, 3.8) is 0 Å². The Morgan fingerprint density at radius 2 is 1.89 bits per heavy atom. The van der Waals surface area contributed by atoms with Crippen molar-refractivity contribution in [2.45, 2.75) is 23.6 Å². The Kier molecular flexibility index (Phi) is 6.84. The molecule has 0 radical (unpaired) electrons. The average Bonchev–Trinajstić information content (AvgIpc) is 2.71. The average molecular weight is 398 g/mol. The van der Waals surface area contributed by atoms with E-state index in [-0.39, 0.29) is 23.3 Å². The molecule has 0 aliphatic heterocycles. The number of methoxy groups -OCH3 is 1. The summed E-state index contributed by atoms with van der Waals surface area (Å²) >= 11 is 1.51. The molecule has 0 saturated heterocycles. The maximum absolute atomic E-state index is 13.0. The highest BCUT2D eigenvalue weighted by Gasteiger charge is 2.22. The number of para-hydroxylation sites is 1. The second-order valence-corrected chi connectivity index (χ2v) is 7.77. The van der Waals surface area contributed by atoms with Gasteiger partial charge in [0.2, 0.25) is 5.91 Å². The van der Waals surface area contributed by atoms with E-state index in [2.05, 4.69) is 9.97 Å². The number of benzene rings is 2. The second-order valence-electron chi connectivity index (χ2n) is 6.36. The summed E-state index contributed by atoms with van der Waals surface area (Å²) in [6.45, 7) is 2.94. The van der Waals surface area contributed by atoms with Gasteiger partial charge >= 0.3 is 0 Å². The van der Waals surface area contributed by atoms with E-state index in [4.69, 9.17) is 4.74 Å². The normalized spacial score (nSPS) is 12.1. The molecule has 0 bridgehead atoms. The van der Waals surface area contributed by atoms with E-state index in [1.807, 2.05) is 43.3 Å². The van der Waals surface area contributed by atoms with E-state index in [0.29, 0.717) is 29.9 Å². The lowest BCUT2D eigenvalue weighted by molar-refractivity contribution is -0.131. The third-order valence-electron chi connectivity index (χ3n) is 4.28. The van der Waals surface area contributed by atoms with E-state index in [1.54, 1.807) is 30.2 Å². The van der Waals surface area contributed by atoms with E-state index >= 15 is 0 Å². The molecule has 1 atom stereocenters. The van der Waals surface area contributed by atoms with Gasteiger partial charge in [-0.2, -0.15) is 0 Å². The summed E-state index contributed by atoms with van der Waals surface area (Å²) < 4.78 is 5.16. The lowest BCUT2D eigenvalue weighted by Crippen LogP contribution is -2.39. The maximum Gasteiger partial charge on any atom is 0.258 e. The second kappa shape index (κ2) is 9.52. The maximum atomic E-state index is 13.0. The standard InChI is InChI=1S/C21H23N3O3S/c1-15(28-16-8-4-3-5-9-16)21(26)24(12-13-27-2)14-19-22-18-11-7-6-10-17(18)20(25)23-19/h3-11,15H,12-14H2,1-2H3,(H,22,23,25). The minimum atomic E-state index is -0.272. The number of nitrogens with one attached hydrogen (secondary N) is 1. The first-order valence-corrected chi connectivity index (χ1v) is 9.94. The van der Waals surface area contributed by atoms with Gasteiger partial charge < -0.3 is 14.6 Å². The molecule has 1 unspecified atom stereocenters. The van der Waals surface area contributed by atoms with Crippen LogP contribution in [0.15, 0.2) is 64.3 Å². The number of hydrogen-bond donors (Lipinski definition) is 1. The first-order valence-electron chi connectivity index (χ1n) is 9.06.